The number of nitrogens with zero attached hydrogens (tertiary/aromatic N) is 9. The lowest BCUT2D eigenvalue weighted by molar-refractivity contribution is 0.122. The number of likely N-dealkylation sites (tertiary alicyclic amines) is 1. The van der Waals surface area contributed by atoms with Gasteiger partial charge in [-0.05, 0) is 45.1 Å². The summed E-state index contributed by atoms with van der Waals surface area (Å²) in [7, 11) is 3.58. The molecule has 0 aliphatic carbocycles. The molecular formula is C26H31F2N11O2. The van der Waals surface area contributed by atoms with Gasteiger partial charge in [0.1, 0.15) is 11.3 Å². The summed E-state index contributed by atoms with van der Waals surface area (Å²) in [5.41, 5.74) is 1.21. The first-order chi connectivity index (χ1) is 20.0. The third-order valence-electron chi connectivity index (χ3n) is 7.15. The maximum atomic E-state index is 14.3. The molecule has 2 N–H and O–H groups in total. The molecule has 6 rings (SSSR count). The Hall–Kier alpha value is -4.24. The molecule has 0 amide bonds. The van der Waals surface area contributed by atoms with Crippen LogP contribution in [-0.2, 0) is 4.74 Å². The van der Waals surface area contributed by atoms with Crippen LogP contribution in [-0.4, -0.2) is 99.0 Å². The minimum atomic E-state index is -2.88. The van der Waals surface area contributed by atoms with E-state index in [1.807, 2.05) is 4.90 Å². The molecule has 5 heterocycles. The van der Waals surface area contributed by atoms with Crippen molar-refractivity contribution in [1.29, 1.82) is 0 Å². The number of fused-ring (bicyclic) bond motifs is 1. The number of aromatic nitrogens is 7. The van der Waals surface area contributed by atoms with E-state index in [9.17, 15) is 8.78 Å². The Kier molecular flexibility index (Phi) is 7.69. The number of hydrogen-bond acceptors (Lipinski definition) is 12. The standard InChI is InChI=1S/C26H31F2N11O2/c1-37-8-6-16(7-9-37)31-23-29-14-17(15-30-23)32-24-34-25(38-10-12-41-13-11-38)36-26(35-24)39-18-4-3-5-19(40-2)20(18)33-22(39)21(27)28/h3-5,14-16,21H,6-13H2,1-2H3,(H,29,30,31)(H,32,34,35,36). The number of morpholine rings is 1. The number of methoxy groups -OCH3 is 1. The quantitative estimate of drug-likeness (QED) is 0.324. The van der Waals surface area contributed by atoms with E-state index in [0.29, 0.717) is 61.2 Å². The van der Waals surface area contributed by atoms with E-state index in [2.05, 4.69) is 52.5 Å². The molecule has 3 aromatic heterocycles. The van der Waals surface area contributed by atoms with Crippen LogP contribution < -0.4 is 20.3 Å². The van der Waals surface area contributed by atoms with Crippen LogP contribution in [0.2, 0.25) is 0 Å². The normalized spacial score (nSPS) is 16.9. The summed E-state index contributed by atoms with van der Waals surface area (Å²) in [6.45, 7) is 4.13. The number of imidazole rings is 1. The van der Waals surface area contributed by atoms with Crippen LogP contribution in [0.15, 0.2) is 30.6 Å². The smallest absolute Gasteiger partial charge is 0.296 e. The average Bonchev–Trinajstić information content (AvgIpc) is 3.40. The zero-order valence-corrected chi connectivity index (χ0v) is 22.8. The highest BCUT2D eigenvalue weighted by Gasteiger charge is 2.26. The lowest BCUT2D eigenvalue weighted by Gasteiger charge is -2.29. The van der Waals surface area contributed by atoms with Crippen molar-refractivity contribution >= 4 is 34.6 Å². The topological polar surface area (TPSA) is 131 Å². The molecule has 0 radical (unpaired) electrons. The minimum absolute atomic E-state index is 0.00323. The van der Waals surface area contributed by atoms with Crippen LogP contribution >= 0.6 is 0 Å². The van der Waals surface area contributed by atoms with Gasteiger partial charge in [-0.15, -0.1) is 0 Å². The number of anilines is 4. The maximum absolute atomic E-state index is 14.3. The number of hydrogen-bond donors (Lipinski definition) is 2. The fourth-order valence-electron chi connectivity index (χ4n) is 4.96. The molecule has 0 saturated carbocycles. The van der Waals surface area contributed by atoms with Crippen LogP contribution in [0.25, 0.3) is 17.0 Å². The molecule has 0 bridgehead atoms. The van der Waals surface area contributed by atoms with Crippen molar-refractivity contribution in [2.75, 3.05) is 69.1 Å². The van der Waals surface area contributed by atoms with E-state index < -0.39 is 12.2 Å². The second kappa shape index (κ2) is 11.7. The maximum Gasteiger partial charge on any atom is 0.296 e. The molecule has 15 heteroatoms. The third-order valence-corrected chi connectivity index (χ3v) is 7.15. The van der Waals surface area contributed by atoms with Crippen LogP contribution in [0.4, 0.5) is 32.3 Å². The summed E-state index contributed by atoms with van der Waals surface area (Å²) < 4.78 is 40.6. The molecule has 0 spiro atoms. The molecule has 2 aliphatic heterocycles. The second-order valence-corrected chi connectivity index (χ2v) is 9.93. The number of benzene rings is 1. The highest BCUT2D eigenvalue weighted by Crippen LogP contribution is 2.32. The van der Waals surface area contributed by atoms with Crippen molar-refractivity contribution in [2.45, 2.75) is 25.3 Å². The number of ether oxygens (including phenoxy) is 2. The summed E-state index contributed by atoms with van der Waals surface area (Å²) in [5, 5.41) is 6.50. The Morgan fingerprint density at radius 3 is 2.39 bits per heavy atom. The first-order valence-electron chi connectivity index (χ1n) is 13.5. The van der Waals surface area contributed by atoms with Gasteiger partial charge in [0.05, 0.1) is 43.9 Å². The van der Waals surface area contributed by atoms with Gasteiger partial charge in [0.25, 0.3) is 6.43 Å². The molecule has 13 nitrogen and oxygen atoms in total. The van der Waals surface area contributed by atoms with Gasteiger partial charge in [-0.3, -0.25) is 4.57 Å². The molecule has 2 aliphatic rings. The Balaban J connectivity index is 1.34. The zero-order chi connectivity index (χ0) is 28.3. The molecule has 2 saturated heterocycles. The summed E-state index contributed by atoms with van der Waals surface area (Å²) in [5.74, 6) is 0.887. The monoisotopic (exact) mass is 567 g/mol. The van der Waals surface area contributed by atoms with Gasteiger partial charge >= 0.3 is 0 Å². The minimum Gasteiger partial charge on any atom is -0.494 e. The lowest BCUT2D eigenvalue weighted by Crippen LogP contribution is -2.37. The highest BCUT2D eigenvalue weighted by molar-refractivity contribution is 5.84. The Morgan fingerprint density at radius 2 is 1.68 bits per heavy atom. The van der Waals surface area contributed by atoms with Crippen molar-refractivity contribution in [1.82, 2.24) is 39.4 Å². The molecule has 216 valence electrons. The van der Waals surface area contributed by atoms with E-state index >= 15 is 0 Å². The Labute approximate surface area is 235 Å². The van der Waals surface area contributed by atoms with E-state index in [-0.39, 0.29) is 17.4 Å². The van der Waals surface area contributed by atoms with Crippen LogP contribution in [0.5, 0.6) is 5.75 Å². The van der Waals surface area contributed by atoms with Gasteiger partial charge in [0, 0.05) is 19.1 Å². The summed E-state index contributed by atoms with van der Waals surface area (Å²) in [4.78, 5) is 31.0. The molecule has 2 fully saturated rings. The average molecular weight is 568 g/mol. The number of halogens is 2. The van der Waals surface area contributed by atoms with Gasteiger partial charge in [-0.1, -0.05) is 6.07 Å². The van der Waals surface area contributed by atoms with E-state index in [1.54, 1.807) is 30.6 Å². The van der Waals surface area contributed by atoms with Crippen molar-refractivity contribution in [3.8, 4) is 11.7 Å². The van der Waals surface area contributed by atoms with Crippen molar-refractivity contribution in [3.05, 3.63) is 36.4 Å². The first-order valence-corrected chi connectivity index (χ1v) is 13.5. The summed E-state index contributed by atoms with van der Waals surface area (Å²) in [6, 6.07) is 5.36. The van der Waals surface area contributed by atoms with Gasteiger partial charge in [0.15, 0.2) is 5.82 Å². The number of rotatable bonds is 8. The SMILES string of the molecule is COc1cccc2c1nc(C(F)F)n2-c1nc(Nc2cnc(NC3CCN(C)CC3)nc2)nc(N2CCOCC2)n1. The fourth-order valence-corrected chi connectivity index (χ4v) is 4.96. The molecular weight excluding hydrogens is 536 g/mol. The molecule has 1 aromatic carbocycles. The Bertz CT molecular complexity index is 1490. The molecule has 0 unspecified atom stereocenters. The molecule has 41 heavy (non-hydrogen) atoms. The van der Waals surface area contributed by atoms with Crippen molar-refractivity contribution in [2.24, 2.45) is 0 Å². The number of para-hydroxylation sites is 1. The van der Waals surface area contributed by atoms with E-state index in [0.717, 1.165) is 25.9 Å². The van der Waals surface area contributed by atoms with Crippen LogP contribution in [0.3, 0.4) is 0 Å². The van der Waals surface area contributed by atoms with Gasteiger partial charge in [-0.2, -0.15) is 15.0 Å². The predicted octanol–water partition coefficient (Wildman–Crippen LogP) is 3.03. The number of piperidine rings is 1. The predicted molar refractivity (Wildman–Crippen MR) is 148 cm³/mol. The second-order valence-electron chi connectivity index (χ2n) is 9.93. The van der Waals surface area contributed by atoms with Crippen LogP contribution in [0.1, 0.15) is 25.1 Å². The fraction of sp³-hybridized carbons (Fsp3) is 0.462. The zero-order valence-electron chi connectivity index (χ0n) is 22.8. The highest BCUT2D eigenvalue weighted by atomic mass is 19.3. The number of nitrogens with one attached hydrogen (secondary N) is 2. The largest absolute Gasteiger partial charge is 0.494 e. The molecule has 0 atom stereocenters. The van der Waals surface area contributed by atoms with Gasteiger partial charge < -0.3 is 29.9 Å². The van der Waals surface area contributed by atoms with Crippen molar-refractivity contribution in [3.63, 3.8) is 0 Å². The van der Waals surface area contributed by atoms with Gasteiger partial charge in [-0.25, -0.2) is 23.7 Å². The summed E-state index contributed by atoms with van der Waals surface area (Å²) >= 11 is 0. The third kappa shape index (κ3) is 5.81. The summed E-state index contributed by atoms with van der Waals surface area (Å²) in [6.07, 6.45) is 2.42. The van der Waals surface area contributed by atoms with Crippen LogP contribution in [0, 0.1) is 0 Å². The lowest BCUT2D eigenvalue weighted by atomic mass is 10.1. The van der Waals surface area contributed by atoms with E-state index in [1.165, 1.54) is 11.7 Å². The van der Waals surface area contributed by atoms with E-state index in [4.69, 9.17) is 9.47 Å². The van der Waals surface area contributed by atoms with Gasteiger partial charge in [0.2, 0.25) is 23.8 Å². The molecule has 4 aromatic rings. The Morgan fingerprint density at radius 1 is 0.951 bits per heavy atom. The first kappa shape index (κ1) is 27.0. The van der Waals surface area contributed by atoms with Crippen molar-refractivity contribution < 1.29 is 18.3 Å². The number of alkyl halides is 2.